The van der Waals surface area contributed by atoms with Gasteiger partial charge < -0.3 is 5.43 Å². The van der Waals surface area contributed by atoms with E-state index in [1.54, 1.807) is 12.4 Å². The third-order valence-electron chi connectivity index (χ3n) is 2.57. The van der Waals surface area contributed by atoms with Crippen molar-refractivity contribution in [1.29, 1.82) is 0 Å². The van der Waals surface area contributed by atoms with Crippen LogP contribution in [0.15, 0.2) is 48.8 Å². The molecule has 0 saturated heterocycles. The molecule has 88 valence electrons. The Balaban J connectivity index is 1.71. The summed E-state index contributed by atoms with van der Waals surface area (Å²) in [5.41, 5.74) is 10.0. The van der Waals surface area contributed by atoms with Crippen molar-refractivity contribution in [2.75, 3.05) is 12.0 Å². The number of anilines is 1. The highest BCUT2D eigenvalue weighted by atomic mass is 15.3. The number of hydrogen-bond acceptors (Lipinski definition) is 3. The van der Waals surface area contributed by atoms with Gasteiger partial charge in [-0.15, -0.1) is 0 Å². The molecular weight excluding hydrogens is 210 g/mol. The number of hydrazine groups is 1. The molecule has 0 amide bonds. The molecule has 2 rings (SSSR count). The Hall–Kier alpha value is -1.87. The van der Waals surface area contributed by atoms with Crippen LogP contribution in [0.2, 0.25) is 0 Å². The summed E-state index contributed by atoms with van der Waals surface area (Å²) < 4.78 is 0. The van der Waals surface area contributed by atoms with E-state index in [0.29, 0.717) is 0 Å². The van der Waals surface area contributed by atoms with E-state index < -0.39 is 0 Å². The second-order valence-electron chi connectivity index (χ2n) is 4.02. The van der Waals surface area contributed by atoms with Crippen molar-refractivity contribution < 1.29 is 0 Å². The van der Waals surface area contributed by atoms with Crippen LogP contribution in [0.4, 0.5) is 5.69 Å². The highest BCUT2D eigenvalue weighted by molar-refractivity contribution is 5.39. The standard InChI is InChI=1S/C14H17N3/c1-12-2-4-13(5-3-12)6-11-16-17-14-7-9-15-10-8-14/h2-5,7-10,16H,6,11H2,1H3,(H,15,17). The van der Waals surface area contributed by atoms with Gasteiger partial charge in [-0.05, 0) is 31.0 Å². The highest BCUT2D eigenvalue weighted by Crippen LogP contribution is 2.04. The lowest BCUT2D eigenvalue weighted by atomic mass is 10.1. The molecule has 0 bridgehead atoms. The normalized spacial score (nSPS) is 10.2. The van der Waals surface area contributed by atoms with Crippen molar-refractivity contribution >= 4 is 5.69 Å². The summed E-state index contributed by atoms with van der Waals surface area (Å²) in [4.78, 5) is 3.96. The third kappa shape index (κ3) is 3.89. The summed E-state index contributed by atoms with van der Waals surface area (Å²) in [6.07, 6.45) is 4.55. The Bertz CT molecular complexity index is 437. The summed E-state index contributed by atoms with van der Waals surface area (Å²) in [5, 5.41) is 0. The molecule has 0 spiro atoms. The maximum absolute atomic E-state index is 3.96. The summed E-state index contributed by atoms with van der Waals surface area (Å²) in [6, 6.07) is 12.5. The van der Waals surface area contributed by atoms with Crippen molar-refractivity contribution in [2.24, 2.45) is 0 Å². The van der Waals surface area contributed by atoms with Gasteiger partial charge in [-0.25, -0.2) is 5.43 Å². The van der Waals surface area contributed by atoms with Crippen molar-refractivity contribution in [3.05, 3.63) is 59.9 Å². The minimum Gasteiger partial charge on any atom is -0.321 e. The van der Waals surface area contributed by atoms with Crippen molar-refractivity contribution in [3.63, 3.8) is 0 Å². The molecule has 2 N–H and O–H groups in total. The predicted molar refractivity (Wildman–Crippen MR) is 70.7 cm³/mol. The van der Waals surface area contributed by atoms with Crippen LogP contribution >= 0.6 is 0 Å². The van der Waals surface area contributed by atoms with Crippen molar-refractivity contribution in [1.82, 2.24) is 10.4 Å². The number of aryl methyl sites for hydroxylation is 1. The molecule has 0 atom stereocenters. The summed E-state index contributed by atoms with van der Waals surface area (Å²) in [5.74, 6) is 0. The first-order valence-corrected chi connectivity index (χ1v) is 5.79. The van der Waals surface area contributed by atoms with E-state index in [0.717, 1.165) is 18.7 Å². The molecule has 0 aliphatic carbocycles. The summed E-state index contributed by atoms with van der Waals surface area (Å²) in [6.45, 7) is 3.00. The number of nitrogens with one attached hydrogen (secondary N) is 2. The van der Waals surface area contributed by atoms with Gasteiger partial charge in [0.25, 0.3) is 0 Å². The first kappa shape index (κ1) is 11.6. The van der Waals surface area contributed by atoms with Gasteiger partial charge in [-0.2, -0.15) is 0 Å². The van der Waals surface area contributed by atoms with Gasteiger partial charge in [-0.3, -0.25) is 4.98 Å². The Morgan fingerprint density at radius 2 is 1.71 bits per heavy atom. The maximum Gasteiger partial charge on any atom is 0.0518 e. The maximum atomic E-state index is 3.96. The van der Waals surface area contributed by atoms with E-state index >= 15 is 0 Å². The molecule has 0 saturated carbocycles. The number of pyridine rings is 1. The lowest BCUT2D eigenvalue weighted by molar-refractivity contribution is 0.778. The van der Waals surface area contributed by atoms with E-state index in [2.05, 4.69) is 47.0 Å². The number of nitrogens with zero attached hydrogens (tertiary/aromatic N) is 1. The van der Waals surface area contributed by atoms with Crippen LogP contribution in [0, 0.1) is 6.92 Å². The lowest BCUT2D eigenvalue weighted by Gasteiger charge is -2.08. The zero-order chi connectivity index (χ0) is 11.9. The quantitative estimate of drug-likeness (QED) is 0.609. The van der Waals surface area contributed by atoms with Gasteiger partial charge in [0, 0.05) is 18.9 Å². The fraction of sp³-hybridized carbons (Fsp3) is 0.214. The average Bonchev–Trinajstić information content (AvgIpc) is 2.38. The second kappa shape index (κ2) is 6.01. The average molecular weight is 227 g/mol. The fourth-order valence-corrected chi connectivity index (χ4v) is 1.56. The SMILES string of the molecule is Cc1ccc(CCNNc2ccncc2)cc1. The first-order chi connectivity index (χ1) is 8.34. The monoisotopic (exact) mass is 227 g/mol. The molecule has 0 aliphatic heterocycles. The van der Waals surface area contributed by atoms with Gasteiger partial charge >= 0.3 is 0 Å². The molecule has 1 aromatic heterocycles. The molecule has 3 nitrogen and oxygen atoms in total. The first-order valence-electron chi connectivity index (χ1n) is 5.79. The summed E-state index contributed by atoms with van der Waals surface area (Å²) >= 11 is 0. The molecular formula is C14H17N3. The van der Waals surface area contributed by atoms with E-state index in [-0.39, 0.29) is 0 Å². The summed E-state index contributed by atoms with van der Waals surface area (Å²) in [7, 11) is 0. The highest BCUT2D eigenvalue weighted by Gasteiger charge is 1.93. The van der Waals surface area contributed by atoms with Crippen molar-refractivity contribution in [3.8, 4) is 0 Å². The molecule has 0 radical (unpaired) electrons. The zero-order valence-electron chi connectivity index (χ0n) is 9.98. The fourth-order valence-electron chi connectivity index (χ4n) is 1.56. The van der Waals surface area contributed by atoms with Crippen LogP contribution in [-0.2, 0) is 6.42 Å². The molecule has 1 heterocycles. The van der Waals surface area contributed by atoms with Crippen LogP contribution in [0.25, 0.3) is 0 Å². The Morgan fingerprint density at radius 1 is 1.00 bits per heavy atom. The van der Waals surface area contributed by atoms with E-state index in [1.807, 2.05) is 12.1 Å². The minimum absolute atomic E-state index is 0.894. The minimum atomic E-state index is 0.894. The zero-order valence-corrected chi connectivity index (χ0v) is 9.98. The van der Waals surface area contributed by atoms with Crippen LogP contribution in [0.1, 0.15) is 11.1 Å². The topological polar surface area (TPSA) is 37.0 Å². The van der Waals surface area contributed by atoms with Gasteiger partial charge in [0.1, 0.15) is 0 Å². The van der Waals surface area contributed by atoms with Crippen LogP contribution in [0.5, 0.6) is 0 Å². The Labute approximate surface area is 102 Å². The smallest absolute Gasteiger partial charge is 0.0518 e. The van der Waals surface area contributed by atoms with Gasteiger partial charge in [0.2, 0.25) is 0 Å². The number of hydrogen-bond donors (Lipinski definition) is 2. The number of aromatic nitrogens is 1. The predicted octanol–water partition coefficient (Wildman–Crippen LogP) is 2.55. The van der Waals surface area contributed by atoms with Crippen LogP contribution < -0.4 is 10.9 Å². The Morgan fingerprint density at radius 3 is 2.41 bits per heavy atom. The van der Waals surface area contributed by atoms with Gasteiger partial charge in [0.15, 0.2) is 0 Å². The largest absolute Gasteiger partial charge is 0.321 e. The third-order valence-corrected chi connectivity index (χ3v) is 2.57. The van der Waals surface area contributed by atoms with Gasteiger partial charge in [-0.1, -0.05) is 29.8 Å². The van der Waals surface area contributed by atoms with Gasteiger partial charge in [0.05, 0.1) is 5.69 Å². The Kier molecular flexibility index (Phi) is 4.11. The number of benzene rings is 1. The van der Waals surface area contributed by atoms with E-state index in [9.17, 15) is 0 Å². The van der Waals surface area contributed by atoms with Crippen LogP contribution in [0.3, 0.4) is 0 Å². The second-order valence-corrected chi connectivity index (χ2v) is 4.02. The molecule has 1 aromatic carbocycles. The molecule has 0 aliphatic rings. The van der Waals surface area contributed by atoms with E-state index in [4.69, 9.17) is 0 Å². The van der Waals surface area contributed by atoms with E-state index in [1.165, 1.54) is 11.1 Å². The lowest BCUT2D eigenvalue weighted by Crippen LogP contribution is -2.24. The number of rotatable bonds is 5. The molecule has 3 heteroatoms. The van der Waals surface area contributed by atoms with Crippen molar-refractivity contribution in [2.45, 2.75) is 13.3 Å². The van der Waals surface area contributed by atoms with Crippen LogP contribution in [-0.4, -0.2) is 11.5 Å². The molecule has 17 heavy (non-hydrogen) atoms. The molecule has 0 fully saturated rings. The molecule has 2 aromatic rings. The molecule has 0 unspecified atom stereocenters.